The number of ether oxygens (including phenoxy) is 1. The number of Topliss-reactive ketones (excluding diaryl/α,β-unsaturated/α-hetero) is 1. The first-order valence-corrected chi connectivity index (χ1v) is 7.48. The van der Waals surface area contributed by atoms with Crippen molar-refractivity contribution >= 4 is 17.4 Å². The molecule has 1 unspecified atom stereocenters. The standard InChI is InChI=1S/C19H17NO4/c1-20-16(12-8-10-14(24-2)11-9-12)15(18(22)19(20)23)17(21)13-6-4-3-5-7-13/h3-11,16,21H,1-2H3/b17-15+. The number of nitrogens with zero attached hydrogens (tertiary/aromatic N) is 1. The van der Waals surface area contributed by atoms with Crippen LogP contribution >= 0.6 is 0 Å². The molecule has 1 aliphatic rings. The maximum Gasteiger partial charge on any atom is 0.295 e. The molecule has 3 rings (SSSR count). The van der Waals surface area contributed by atoms with E-state index in [-0.39, 0.29) is 11.3 Å². The highest BCUT2D eigenvalue weighted by atomic mass is 16.5. The summed E-state index contributed by atoms with van der Waals surface area (Å²) < 4.78 is 5.14. The number of likely N-dealkylation sites (N-methyl/N-ethyl adjacent to an activating group) is 1. The Labute approximate surface area is 139 Å². The number of rotatable bonds is 3. The topological polar surface area (TPSA) is 66.8 Å². The number of benzene rings is 2. The van der Waals surface area contributed by atoms with E-state index in [9.17, 15) is 14.7 Å². The van der Waals surface area contributed by atoms with E-state index in [0.717, 1.165) is 5.56 Å². The number of carbonyl (C=O) groups is 2. The fourth-order valence-corrected chi connectivity index (χ4v) is 2.88. The Morgan fingerprint density at radius 2 is 1.67 bits per heavy atom. The zero-order valence-electron chi connectivity index (χ0n) is 13.4. The molecular weight excluding hydrogens is 306 g/mol. The van der Waals surface area contributed by atoms with Gasteiger partial charge in [0.1, 0.15) is 11.5 Å². The van der Waals surface area contributed by atoms with Crippen LogP contribution < -0.4 is 4.74 Å². The molecule has 0 radical (unpaired) electrons. The molecule has 0 aromatic heterocycles. The minimum absolute atomic E-state index is 0.0962. The van der Waals surface area contributed by atoms with Crippen molar-refractivity contribution in [3.63, 3.8) is 0 Å². The molecule has 0 saturated carbocycles. The van der Waals surface area contributed by atoms with Gasteiger partial charge in [-0.2, -0.15) is 0 Å². The van der Waals surface area contributed by atoms with Crippen LogP contribution in [0.2, 0.25) is 0 Å². The molecule has 5 heteroatoms. The lowest BCUT2D eigenvalue weighted by molar-refractivity contribution is -0.139. The molecule has 0 aliphatic carbocycles. The maximum atomic E-state index is 12.4. The number of hydrogen-bond donors (Lipinski definition) is 1. The Hall–Kier alpha value is -3.08. The van der Waals surface area contributed by atoms with Gasteiger partial charge in [-0.25, -0.2) is 0 Å². The molecule has 0 spiro atoms. The minimum Gasteiger partial charge on any atom is -0.507 e. The summed E-state index contributed by atoms with van der Waals surface area (Å²) in [5, 5.41) is 10.6. The number of amides is 1. The highest BCUT2D eigenvalue weighted by Gasteiger charge is 2.44. The van der Waals surface area contributed by atoms with Crippen molar-refractivity contribution in [2.75, 3.05) is 14.2 Å². The first kappa shape index (κ1) is 15.8. The lowest BCUT2D eigenvalue weighted by atomic mass is 9.95. The van der Waals surface area contributed by atoms with Gasteiger partial charge in [0.15, 0.2) is 0 Å². The van der Waals surface area contributed by atoms with Gasteiger partial charge in [-0.1, -0.05) is 42.5 Å². The zero-order valence-corrected chi connectivity index (χ0v) is 13.4. The van der Waals surface area contributed by atoms with Crippen LogP contribution in [0.1, 0.15) is 17.2 Å². The molecule has 24 heavy (non-hydrogen) atoms. The Balaban J connectivity index is 2.13. The van der Waals surface area contributed by atoms with Crippen molar-refractivity contribution < 1.29 is 19.4 Å². The van der Waals surface area contributed by atoms with Gasteiger partial charge in [-0.05, 0) is 17.7 Å². The van der Waals surface area contributed by atoms with E-state index >= 15 is 0 Å². The second-order valence-corrected chi connectivity index (χ2v) is 5.55. The number of methoxy groups -OCH3 is 1. The van der Waals surface area contributed by atoms with Crippen LogP contribution in [-0.4, -0.2) is 35.9 Å². The second-order valence-electron chi connectivity index (χ2n) is 5.55. The SMILES string of the molecule is COc1ccc(C2/C(=C(\O)c3ccccc3)C(=O)C(=O)N2C)cc1. The number of ketones is 1. The molecule has 2 aromatic carbocycles. The summed E-state index contributed by atoms with van der Waals surface area (Å²) in [6.07, 6.45) is 0. The largest absolute Gasteiger partial charge is 0.507 e. The van der Waals surface area contributed by atoms with E-state index in [1.165, 1.54) is 4.90 Å². The molecule has 1 fully saturated rings. The smallest absolute Gasteiger partial charge is 0.295 e. The predicted octanol–water partition coefficient (Wildman–Crippen LogP) is 2.75. The van der Waals surface area contributed by atoms with Gasteiger partial charge in [0.05, 0.1) is 18.7 Å². The van der Waals surface area contributed by atoms with Gasteiger partial charge in [-0.15, -0.1) is 0 Å². The molecule has 122 valence electrons. The van der Waals surface area contributed by atoms with Crippen LogP contribution in [0.3, 0.4) is 0 Å². The van der Waals surface area contributed by atoms with Crippen molar-refractivity contribution in [2.24, 2.45) is 0 Å². The molecule has 5 nitrogen and oxygen atoms in total. The number of carbonyl (C=O) groups excluding carboxylic acids is 2. The summed E-state index contributed by atoms with van der Waals surface area (Å²) in [6, 6.07) is 15.2. The number of hydrogen-bond acceptors (Lipinski definition) is 4. The normalized spacial score (nSPS) is 19.6. The molecule has 0 bridgehead atoms. The highest BCUT2D eigenvalue weighted by Crippen LogP contribution is 2.38. The van der Waals surface area contributed by atoms with E-state index in [1.54, 1.807) is 62.7 Å². The third-order valence-corrected chi connectivity index (χ3v) is 4.15. The van der Waals surface area contributed by atoms with E-state index < -0.39 is 17.7 Å². The van der Waals surface area contributed by atoms with Gasteiger partial charge in [0.2, 0.25) is 0 Å². The first-order valence-electron chi connectivity index (χ1n) is 7.48. The fourth-order valence-electron chi connectivity index (χ4n) is 2.88. The lowest BCUT2D eigenvalue weighted by Crippen LogP contribution is -2.24. The Morgan fingerprint density at radius 1 is 1.04 bits per heavy atom. The monoisotopic (exact) mass is 323 g/mol. The molecule has 1 atom stereocenters. The van der Waals surface area contributed by atoms with E-state index in [2.05, 4.69) is 0 Å². The Bertz CT molecular complexity index is 809. The van der Waals surface area contributed by atoms with Crippen molar-refractivity contribution in [1.82, 2.24) is 4.90 Å². The van der Waals surface area contributed by atoms with Crippen LogP contribution in [0.15, 0.2) is 60.2 Å². The molecule has 1 N–H and O–H groups in total. The van der Waals surface area contributed by atoms with E-state index in [0.29, 0.717) is 11.3 Å². The number of likely N-dealkylation sites (tertiary alicyclic amines) is 1. The zero-order chi connectivity index (χ0) is 17.3. The summed E-state index contributed by atoms with van der Waals surface area (Å²) in [6.45, 7) is 0. The number of aliphatic hydroxyl groups is 1. The lowest BCUT2D eigenvalue weighted by Gasteiger charge is -2.21. The van der Waals surface area contributed by atoms with Crippen LogP contribution in [-0.2, 0) is 9.59 Å². The van der Waals surface area contributed by atoms with Gasteiger partial charge in [-0.3, -0.25) is 9.59 Å². The predicted molar refractivity (Wildman–Crippen MR) is 89.5 cm³/mol. The van der Waals surface area contributed by atoms with Gasteiger partial charge in [0.25, 0.3) is 11.7 Å². The van der Waals surface area contributed by atoms with Gasteiger partial charge in [0, 0.05) is 12.6 Å². The molecule has 1 amide bonds. The first-order chi connectivity index (χ1) is 11.5. The van der Waals surface area contributed by atoms with Gasteiger partial charge >= 0.3 is 0 Å². The summed E-state index contributed by atoms with van der Waals surface area (Å²) in [5.74, 6) is -0.804. The molecule has 1 heterocycles. The van der Waals surface area contributed by atoms with Crippen LogP contribution in [0.4, 0.5) is 0 Å². The third-order valence-electron chi connectivity index (χ3n) is 4.15. The summed E-state index contributed by atoms with van der Waals surface area (Å²) >= 11 is 0. The average Bonchev–Trinajstić information content (AvgIpc) is 2.86. The average molecular weight is 323 g/mol. The van der Waals surface area contributed by atoms with Crippen molar-refractivity contribution in [3.05, 3.63) is 71.3 Å². The molecule has 1 aliphatic heterocycles. The van der Waals surface area contributed by atoms with Crippen molar-refractivity contribution in [1.29, 1.82) is 0 Å². The van der Waals surface area contributed by atoms with E-state index in [1.807, 2.05) is 6.07 Å². The summed E-state index contributed by atoms with van der Waals surface area (Å²) in [7, 11) is 3.12. The van der Waals surface area contributed by atoms with Gasteiger partial charge < -0.3 is 14.7 Å². The van der Waals surface area contributed by atoms with Crippen LogP contribution in [0, 0.1) is 0 Å². The Kier molecular flexibility index (Phi) is 4.08. The summed E-state index contributed by atoms with van der Waals surface area (Å²) in [5.41, 5.74) is 1.33. The second kappa shape index (κ2) is 6.20. The minimum atomic E-state index is -0.681. The molecule has 2 aromatic rings. The Morgan fingerprint density at radius 3 is 2.25 bits per heavy atom. The maximum absolute atomic E-state index is 12.4. The van der Waals surface area contributed by atoms with Crippen LogP contribution in [0.25, 0.3) is 5.76 Å². The fraction of sp³-hybridized carbons (Fsp3) is 0.158. The quantitative estimate of drug-likeness (QED) is 0.536. The van der Waals surface area contributed by atoms with Crippen molar-refractivity contribution in [2.45, 2.75) is 6.04 Å². The summed E-state index contributed by atoms with van der Waals surface area (Å²) in [4.78, 5) is 25.9. The molecular formula is C19H17NO4. The van der Waals surface area contributed by atoms with Crippen molar-refractivity contribution in [3.8, 4) is 5.75 Å². The van der Waals surface area contributed by atoms with Crippen LogP contribution in [0.5, 0.6) is 5.75 Å². The van der Waals surface area contributed by atoms with E-state index in [4.69, 9.17) is 4.74 Å². The molecule has 1 saturated heterocycles. The third kappa shape index (κ3) is 2.54. The number of aliphatic hydroxyl groups excluding tert-OH is 1. The highest BCUT2D eigenvalue weighted by molar-refractivity contribution is 6.46.